The van der Waals surface area contributed by atoms with Crippen molar-refractivity contribution in [1.82, 2.24) is 19.3 Å². The van der Waals surface area contributed by atoms with Crippen LogP contribution in [0.25, 0.3) is 21.3 Å². The molecule has 4 aromatic rings. The maximum absolute atomic E-state index is 12.3. The van der Waals surface area contributed by atoms with E-state index in [1.165, 1.54) is 11.3 Å². The zero-order valence-electron chi connectivity index (χ0n) is 13.6. The predicted molar refractivity (Wildman–Crippen MR) is 103 cm³/mol. The van der Waals surface area contributed by atoms with E-state index in [1.54, 1.807) is 23.4 Å². The van der Waals surface area contributed by atoms with Gasteiger partial charge in [-0.15, -0.1) is 11.3 Å². The lowest BCUT2D eigenvalue weighted by atomic mass is 10.1. The lowest BCUT2D eigenvalue weighted by Crippen LogP contribution is -2.19. The second kappa shape index (κ2) is 6.85. The zero-order chi connectivity index (χ0) is 17.2. The normalized spacial score (nSPS) is 11.2. The standard InChI is InChI=1S/C18H16N4OS2/c1-21-17(23)16-15(7-9-24-16)20-18(21)25-10-8-22-12-14(11-19-22)13-5-3-2-4-6-13/h2-7,9,11-12H,8,10H2,1H3. The number of aryl methyl sites for hydroxylation is 1. The van der Waals surface area contributed by atoms with Crippen LogP contribution in [0.4, 0.5) is 0 Å². The van der Waals surface area contributed by atoms with Gasteiger partial charge in [0.25, 0.3) is 5.56 Å². The fourth-order valence-corrected chi connectivity index (χ4v) is 4.30. The van der Waals surface area contributed by atoms with Crippen LogP contribution >= 0.6 is 23.1 Å². The molecule has 0 aliphatic carbocycles. The minimum atomic E-state index is 0.0213. The van der Waals surface area contributed by atoms with Crippen molar-refractivity contribution >= 4 is 33.3 Å². The Labute approximate surface area is 153 Å². The van der Waals surface area contributed by atoms with Crippen LogP contribution in [-0.4, -0.2) is 25.1 Å². The molecule has 126 valence electrons. The summed E-state index contributed by atoms with van der Waals surface area (Å²) in [4.78, 5) is 16.9. The summed E-state index contributed by atoms with van der Waals surface area (Å²) in [7, 11) is 1.78. The molecule has 0 saturated carbocycles. The van der Waals surface area contributed by atoms with E-state index in [2.05, 4.69) is 22.2 Å². The number of hydrogen-bond acceptors (Lipinski definition) is 5. The Hall–Kier alpha value is -2.38. The molecule has 0 saturated heterocycles. The van der Waals surface area contributed by atoms with Crippen LogP contribution < -0.4 is 5.56 Å². The topological polar surface area (TPSA) is 52.7 Å². The smallest absolute Gasteiger partial charge is 0.271 e. The SMILES string of the molecule is Cn1c(SCCn2cc(-c3ccccc3)cn2)nc2ccsc2c1=O. The van der Waals surface area contributed by atoms with Gasteiger partial charge in [0.2, 0.25) is 0 Å². The molecule has 0 fully saturated rings. The first-order valence-electron chi connectivity index (χ1n) is 7.87. The fraction of sp³-hybridized carbons (Fsp3) is 0.167. The molecule has 1 aromatic carbocycles. The van der Waals surface area contributed by atoms with Gasteiger partial charge in [0.1, 0.15) is 4.70 Å². The summed E-state index contributed by atoms with van der Waals surface area (Å²) in [6.07, 6.45) is 3.93. The third-order valence-corrected chi connectivity index (χ3v) is 5.84. The van der Waals surface area contributed by atoms with Crippen LogP contribution in [0.2, 0.25) is 0 Å². The molecule has 0 radical (unpaired) electrons. The number of benzene rings is 1. The highest BCUT2D eigenvalue weighted by Crippen LogP contribution is 2.21. The van der Waals surface area contributed by atoms with Gasteiger partial charge in [0, 0.05) is 24.6 Å². The monoisotopic (exact) mass is 368 g/mol. The Kier molecular flexibility index (Phi) is 4.42. The van der Waals surface area contributed by atoms with Crippen molar-refractivity contribution in [2.75, 3.05) is 5.75 Å². The summed E-state index contributed by atoms with van der Waals surface area (Å²) < 4.78 is 4.27. The molecular formula is C18H16N4OS2. The summed E-state index contributed by atoms with van der Waals surface area (Å²) in [5, 5.41) is 7.07. The Balaban J connectivity index is 1.46. The first-order chi connectivity index (χ1) is 12.2. The zero-order valence-corrected chi connectivity index (χ0v) is 15.3. The largest absolute Gasteiger partial charge is 0.290 e. The van der Waals surface area contributed by atoms with Gasteiger partial charge in [-0.25, -0.2) is 4.98 Å². The van der Waals surface area contributed by atoms with Crippen molar-refractivity contribution in [3.8, 4) is 11.1 Å². The lowest BCUT2D eigenvalue weighted by Gasteiger charge is -2.07. The number of rotatable bonds is 5. The second-order valence-corrected chi connectivity index (χ2v) is 7.58. The van der Waals surface area contributed by atoms with Gasteiger partial charge in [0.05, 0.1) is 18.3 Å². The van der Waals surface area contributed by atoms with Gasteiger partial charge < -0.3 is 0 Å². The van der Waals surface area contributed by atoms with Gasteiger partial charge in [-0.05, 0) is 17.0 Å². The van der Waals surface area contributed by atoms with Crippen molar-refractivity contribution in [3.05, 3.63) is 64.5 Å². The average Bonchev–Trinajstić information content (AvgIpc) is 3.29. The van der Waals surface area contributed by atoms with Crippen molar-refractivity contribution in [1.29, 1.82) is 0 Å². The summed E-state index contributed by atoms with van der Waals surface area (Å²) in [5.41, 5.74) is 3.07. The molecule has 0 aliphatic heterocycles. The molecule has 25 heavy (non-hydrogen) atoms. The van der Waals surface area contributed by atoms with Crippen molar-refractivity contribution in [2.45, 2.75) is 11.7 Å². The van der Waals surface area contributed by atoms with E-state index in [0.717, 1.165) is 34.1 Å². The van der Waals surface area contributed by atoms with E-state index in [4.69, 9.17) is 0 Å². The first-order valence-corrected chi connectivity index (χ1v) is 9.74. The summed E-state index contributed by atoms with van der Waals surface area (Å²) in [6, 6.07) is 12.1. The number of aromatic nitrogens is 4. The van der Waals surface area contributed by atoms with Crippen molar-refractivity contribution in [2.24, 2.45) is 7.05 Å². The van der Waals surface area contributed by atoms with Gasteiger partial charge in [-0.2, -0.15) is 5.10 Å². The summed E-state index contributed by atoms with van der Waals surface area (Å²) >= 11 is 3.01. The van der Waals surface area contributed by atoms with E-state index in [9.17, 15) is 4.79 Å². The summed E-state index contributed by atoms with van der Waals surface area (Å²) in [6.45, 7) is 0.759. The molecule has 4 rings (SSSR count). The molecule has 0 aliphatic rings. The Morgan fingerprint density at radius 2 is 2.00 bits per heavy atom. The van der Waals surface area contributed by atoms with Crippen LogP contribution in [-0.2, 0) is 13.6 Å². The third kappa shape index (κ3) is 3.25. The van der Waals surface area contributed by atoms with Crippen molar-refractivity contribution < 1.29 is 0 Å². The van der Waals surface area contributed by atoms with Gasteiger partial charge >= 0.3 is 0 Å². The van der Waals surface area contributed by atoms with E-state index >= 15 is 0 Å². The van der Waals surface area contributed by atoms with Crippen LogP contribution in [0.1, 0.15) is 0 Å². The lowest BCUT2D eigenvalue weighted by molar-refractivity contribution is 0.663. The molecule has 3 aromatic heterocycles. The molecule has 0 amide bonds. The maximum Gasteiger partial charge on any atom is 0.271 e. The van der Waals surface area contributed by atoms with Crippen LogP contribution in [0.3, 0.4) is 0 Å². The Bertz CT molecular complexity index is 1070. The van der Waals surface area contributed by atoms with Gasteiger partial charge in [0.15, 0.2) is 5.16 Å². The molecule has 0 bridgehead atoms. The number of hydrogen-bond donors (Lipinski definition) is 0. The summed E-state index contributed by atoms with van der Waals surface area (Å²) in [5.74, 6) is 0.797. The number of thiophene rings is 1. The van der Waals surface area contributed by atoms with Gasteiger partial charge in [-0.3, -0.25) is 14.0 Å². The molecule has 5 nitrogen and oxygen atoms in total. The highest BCUT2D eigenvalue weighted by Gasteiger charge is 2.10. The van der Waals surface area contributed by atoms with Crippen LogP contribution in [0.15, 0.2) is 64.1 Å². The number of fused-ring (bicyclic) bond motifs is 1. The number of thioether (sulfide) groups is 1. The predicted octanol–water partition coefficient (Wildman–Crippen LogP) is 3.65. The minimum Gasteiger partial charge on any atom is -0.290 e. The maximum atomic E-state index is 12.3. The number of nitrogens with zero attached hydrogens (tertiary/aromatic N) is 4. The Morgan fingerprint density at radius 3 is 2.84 bits per heavy atom. The average molecular weight is 368 g/mol. The minimum absolute atomic E-state index is 0.0213. The molecule has 0 spiro atoms. The molecule has 0 atom stereocenters. The Morgan fingerprint density at radius 1 is 1.16 bits per heavy atom. The quantitative estimate of drug-likeness (QED) is 0.399. The fourth-order valence-electron chi connectivity index (χ4n) is 2.59. The molecule has 7 heteroatoms. The van der Waals surface area contributed by atoms with Crippen LogP contribution in [0.5, 0.6) is 0 Å². The van der Waals surface area contributed by atoms with Crippen LogP contribution in [0, 0.1) is 0 Å². The molecule has 0 N–H and O–H groups in total. The van der Waals surface area contributed by atoms with E-state index < -0.39 is 0 Å². The van der Waals surface area contributed by atoms with E-state index in [0.29, 0.717) is 4.70 Å². The van der Waals surface area contributed by atoms with E-state index in [-0.39, 0.29) is 5.56 Å². The third-order valence-electron chi connectivity index (χ3n) is 3.94. The molecule has 3 heterocycles. The van der Waals surface area contributed by atoms with E-state index in [1.807, 2.05) is 46.7 Å². The highest BCUT2D eigenvalue weighted by atomic mass is 32.2. The van der Waals surface area contributed by atoms with Crippen molar-refractivity contribution in [3.63, 3.8) is 0 Å². The molecule has 0 unspecified atom stereocenters. The molecular weight excluding hydrogens is 352 g/mol. The van der Waals surface area contributed by atoms with Gasteiger partial charge in [-0.1, -0.05) is 42.1 Å². The second-order valence-electron chi connectivity index (χ2n) is 5.60. The first kappa shape index (κ1) is 16.1. The highest BCUT2D eigenvalue weighted by molar-refractivity contribution is 7.99.